The fraction of sp³-hybridized carbons (Fsp3) is 0.0833. The summed E-state index contributed by atoms with van der Waals surface area (Å²) in [5.41, 5.74) is -1.72. The molecule has 18 heavy (non-hydrogen) atoms. The van der Waals surface area contributed by atoms with Crippen LogP contribution < -0.4 is 0 Å². The molecule has 0 aliphatic carbocycles. The molecule has 1 nitrogen and oxygen atoms in total. The lowest BCUT2D eigenvalue weighted by atomic mass is 10.1. The standard InChI is InChI=1S/C12H6F5N/c13-8-4-1-3-7(11(8)14)9-5-2-6-10(18-9)12(15,16)17/h1-6H. The van der Waals surface area contributed by atoms with Crippen molar-refractivity contribution in [2.24, 2.45) is 0 Å². The van der Waals surface area contributed by atoms with Gasteiger partial charge in [-0.2, -0.15) is 13.2 Å². The van der Waals surface area contributed by atoms with Crippen molar-refractivity contribution in [3.05, 3.63) is 53.7 Å². The van der Waals surface area contributed by atoms with E-state index in [0.29, 0.717) is 0 Å². The van der Waals surface area contributed by atoms with Crippen LogP contribution in [0.15, 0.2) is 36.4 Å². The highest BCUT2D eigenvalue weighted by molar-refractivity contribution is 5.60. The molecule has 0 bridgehead atoms. The molecule has 0 spiro atoms. The van der Waals surface area contributed by atoms with Gasteiger partial charge < -0.3 is 0 Å². The maximum Gasteiger partial charge on any atom is 0.433 e. The minimum atomic E-state index is -4.63. The van der Waals surface area contributed by atoms with Gasteiger partial charge in [0.25, 0.3) is 0 Å². The van der Waals surface area contributed by atoms with E-state index in [1.54, 1.807) is 0 Å². The first-order valence-corrected chi connectivity index (χ1v) is 4.88. The molecule has 0 unspecified atom stereocenters. The first-order chi connectivity index (χ1) is 8.39. The van der Waals surface area contributed by atoms with Gasteiger partial charge in [0.15, 0.2) is 11.6 Å². The molecule has 0 saturated carbocycles. The van der Waals surface area contributed by atoms with Crippen LogP contribution in [0.3, 0.4) is 0 Å². The van der Waals surface area contributed by atoms with Gasteiger partial charge in [-0.3, -0.25) is 0 Å². The Hall–Kier alpha value is -1.98. The van der Waals surface area contributed by atoms with Crippen LogP contribution >= 0.6 is 0 Å². The Balaban J connectivity index is 2.55. The Morgan fingerprint density at radius 1 is 0.889 bits per heavy atom. The summed E-state index contributed by atoms with van der Waals surface area (Å²) < 4.78 is 63.7. The van der Waals surface area contributed by atoms with E-state index in [4.69, 9.17) is 0 Å². The van der Waals surface area contributed by atoms with Gasteiger partial charge in [-0.25, -0.2) is 13.8 Å². The highest BCUT2D eigenvalue weighted by Crippen LogP contribution is 2.30. The Kier molecular flexibility index (Phi) is 3.02. The topological polar surface area (TPSA) is 12.9 Å². The maximum absolute atomic E-state index is 13.4. The minimum absolute atomic E-state index is 0.262. The molecule has 0 saturated heterocycles. The van der Waals surface area contributed by atoms with Gasteiger partial charge in [0, 0.05) is 5.56 Å². The van der Waals surface area contributed by atoms with Crippen molar-refractivity contribution in [3.63, 3.8) is 0 Å². The van der Waals surface area contributed by atoms with E-state index in [0.717, 1.165) is 18.2 Å². The molecule has 1 aromatic carbocycles. The summed E-state index contributed by atoms with van der Waals surface area (Å²) in [6, 6.07) is 6.30. The van der Waals surface area contributed by atoms with Gasteiger partial charge in [-0.1, -0.05) is 12.1 Å². The van der Waals surface area contributed by atoms with Crippen LogP contribution in [0.5, 0.6) is 0 Å². The van der Waals surface area contributed by atoms with E-state index in [-0.39, 0.29) is 11.3 Å². The molecule has 6 heteroatoms. The normalized spacial score (nSPS) is 11.6. The summed E-state index contributed by atoms with van der Waals surface area (Å²) in [5.74, 6) is -2.35. The SMILES string of the molecule is Fc1cccc(-c2cccc(C(F)(F)F)n2)c1F. The largest absolute Gasteiger partial charge is 0.433 e. The van der Waals surface area contributed by atoms with Gasteiger partial charge in [0.1, 0.15) is 5.69 Å². The van der Waals surface area contributed by atoms with Gasteiger partial charge >= 0.3 is 6.18 Å². The fourth-order valence-corrected chi connectivity index (χ4v) is 1.44. The van der Waals surface area contributed by atoms with Crippen molar-refractivity contribution >= 4 is 0 Å². The smallest absolute Gasteiger partial charge is 0.243 e. The van der Waals surface area contributed by atoms with Crippen molar-refractivity contribution in [3.8, 4) is 11.3 Å². The van der Waals surface area contributed by atoms with E-state index < -0.39 is 23.5 Å². The fourth-order valence-electron chi connectivity index (χ4n) is 1.44. The van der Waals surface area contributed by atoms with Crippen LogP contribution in [0, 0.1) is 11.6 Å². The van der Waals surface area contributed by atoms with Crippen molar-refractivity contribution in [1.29, 1.82) is 0 Å². The van der Waals surface area contributed by atoms with E-state index in [9.17, 15) is 22.0 Å². The third-order valence-electron chi connectivity index (χ3n) is 2.27. The quantitative estimate of drug-likeness (QED) is 0.704. The van der Waals surface area contributed by atoms with Crippen molar-refractivity contribution in [1.82, 2.24) is 4.98 Å². The third kappa shape index (κ3) is 2.32. The minimum Gasteiger partial charge on any atom is -0.243 e. The highest BCUT2D eigenvalue weighted by Gasteiger charge is 2.32. The van der Waals surface area contributed by atoms with Gasteiger partial charge in [0.2, 0.25) is 0 Å². The van der Waals surface area contributed by atoms with Gasteiger partial charge in [0.05, 0.1) is 5.69 Å². The van der Waals surface area contributed by atoms with E-state index in [1.807, 2.05) is 0 Å². The summed E-state index contributed by atoms with van der Waals surface area (Å²) in [6.45, 7) is 0. The number of hydrogen-bond donors (Lipinski definition) is 0. The molecule has 0 fully saturated rings. The molecule has 2 rings (SSSR count). The zero-order chi connectivity index (χ0) is 13.3. The predicted octanol–water partition coefficient (Wildman–Crippen LogP) is 4.05. The lowest BCUT2D eigenvalue weighted by Crippen LogP contribution is -2.08. The Labute approximate surface area is 98.9 Å². The number of hydrogen-bond acceptors (Lipinski definition) is 1. The summed E-state index contributed by atoms with van der Waals surface area (Å²) >= 11 is 0. The second-order valence-corrected chi connectivity index (χ2v) is 3.51. The summed E-state index contributed by atoms with van der Waals surface area (Å²) in [7, 11) is 0. The average molecular weight is 259 g/mol. The Morgan fingerprint density at radius 2 is 1.56 bits per heavy atom. The van der Waals surface area contributed by atoms with Crippen LogP contribution in [0.25, 0.3) is 11.3 Å². The van der Waals surface area contributed by atoms with E-state index >= 15 is 0 Å². The lowest BCUT2D eigenvalue weighted by Gasteiger charge is -2.08. The van der Waals surface area contributed by atoms with Crippen LogP contribution in [0.4, 0.5) is 22.0 Å². The molecule has 0 aliphatic rings. The lowest BCUT2D eigenvalue weighted by molar-refractivity contribution is -0.141. The molecular formula is C12H6F5N. The zero-order valence-electron chi connectivity index (χ0n) is 8.80. The molecule has 2 aromatic rings. The second kappa shape index (κ2) is 4.36. The number of rotatable bonds is 1. The molecule has 0 radical (unpaired) electrons. The number of pyridine rings is 1. The highest BCUT2D eigenvalue weighted by atomic mass is 19.4. The zero-order valence-corrected chi connectivity index (χ0v) is 8.80. The summed E-state index contributed by atoms with van der Waals surface area (Å²) in [6.07, 6.45) is -4.63. The van der Waals surface area contributed by atoms with Gasteiger partial charge in [-0.15, -0.1) is 0 Å². The number of nitrogens with zero attached hydrogens (tertiary/aromatic N) is 1. The first kappa shape index (κ1) is 12.5. The molecule has 0 atom stereocenters. The van der Waals surface area contributed by atoms with Crippen LogP contribution in [-0.2, 0) is 6.18 Å². The van der Waals surface area contributed by atoms with Crippen LogP contribution in [0.1, 0.15) is 5.69 Å². The number of benzene rings is 1. The molecule has 1 aromatic heterocycles. The predicted molar refractivity (Wildman–Crippen MR) is 54.6 cm³/mol. The van der Waals surface area contributed by atoms with Crippen molar-refractivity contribution in [2.45, 2.75) is 6.18 Å². The summed E-state index contributed by atoms with van der Waals surface area (Å²) in [4.78, 5) is 3.28. The molecule has 94 valence electrons. The second-order valence-electron chi connectivity index (χ2n) is 3.51. The number of aromatic nitrogens is 1. The van der Waals surface area contributed by atoms with Crippen LogP contribution in [0.2, 0.25) is 0 Å². The molecule has 0 N–H and O–H groups in total. The maximum atomic E-state index is 13.4. The third-order valence-corrected chi connectivity index (χ3v) is 2.27. The summed E-state index contributed by atoms with van der Waals surface area (Å²) in [5, 5.41) is 0. The van der Waals surface area contributed by atoms with Gasteiger partial charge in [-0.05, 0) is 24.3 Å². The molecular weight excluding hydrogens is 253 g/mol. The molecule has 0 amide bonds. The first-order valence-electron chi connectivity index (χ1n) is 4.88. The van der Waals surface area contributed by atoms with Crippen molar-refractivity contribution in [2.75, 3.05) is 0 Å². The Bertz CT molecular complexity index is 577. The van der Waals surface area contributed by atoms with Crippen LogP contribution in [-0.4, -0.2) is 4.98 Å². The number of halogens is 5. The van der Waals surface area contributed by atoms with Crippen molar-refractivity contribution < 1.29 is 22.0 Å². The Morgan fingerprint density at radius 3 is 2.22 bits per heavy atom. The molecule has 1 heterocycles. The van der Waals surface area contributed by atoms with E-state index in [2.05, 4.69) is 4.98 Å². The number of alkyl halides is 3. The average Bonchev–Trinajstić information content (AvgIpc) is 2.32. The van der Waals surface area contributed by atoms with E-state index in [1.165, 1.54) is 18.2 Å². The molecule has 0 aliphatic heterocycles. The monoisotopic (exact) mass is 259 g/mol.